The number of hydrogen-bond acceptors (Lipinski definition) is 6. The van der Waals surface area contributed by atoms with Gasteiger partial charge < -0.3 is 18.9 Å². The molecule has 1 amide bonds. The molecular formula is C21H26ClNO5S. The third-order valence-electron chi connectivity index (χ3n) is 4.52. The van der Waals surface area contributed by atoms with E-state index in [9.17, 15) is 4.79 Å². The summed E-state index contributed by atoms with van der Waals surface area (Å²) >= 11 is 7.72. The van der Waals surface area contributed by atoms with Crippen molar-refractivity contribution in [2.45, 2.75) is 45.4 Å². The van der Waals surface area contributed by atoms with E-state index in [-0.39, 0.29) is 6.04 Å². The quantitative estimate of drug-likeness (QED) is 0.644. The maximum absolute atomic E-state index is 13.1. The molecule has 0 bridgehead atoms. The molecular weight excluding hydrogens is 414 g/mol. The lowest BCUT2D eigenvalue weighted by atomic mass is 10.1. The van der Waals surface area contributed by atoms with Gasteiger partial charge in [0.1, 0.15) is 23.7 Å². The van der Waals surface area contributed by atoms with Crippen LogP contribution in [0.5, 0.6) is 17.2 Å². The van der Waals surface area contributed by atoms with Crippen LogP contribution in [0, 0.1) is 0 Å². The van der Waals surface area contributed by atoms with Crippen LogP contribution in [-0.4, -0.2) is 43.5 Å². The maximum Gasteiger partial charge on any atom is 0.410 e. The SMILES string of the molecule is COc1ccc(CN(C(=O)OC(C)(C)C)C2COc3c(Cl)csc3C2)c(OC)c1. The zero-order valence-electron chi connectivity index (χ0n) is 17.3. The monoisotopic (exact) mass is 439 g/mol. The Labute approximate surface area is 180 Å². The molecule has 0 radical (unpaired) electrons. The van der Waals surface area contributed by atoms with E-state index in [4.69, 9.17) is 30.5 Å². The van der Waals surface area contributed by atoms with E-state index in [1.54, 1.807) is 25.2 Å². The molecule has 1 aliphatic rings. The van der Waals surface area contributed by atoms with Gasteiger partial charge in [-0.1, -0.05) is 11.6 Å². The second-order valence-electron chi connectivity index (χ2n) is 7.79. The summed E-state index contributed by atoms with van der Waals surface area (Å²) in [6, 6.07) is 5.36. The van der Waals surface area contributed by atoms with Crippen molar-refractivity contribution in [3.05, 3.63) is 39.0 Å². The van der Waals surface area contributed by atoms with Gasteiger partial charge in [-0.3, -0.25) is 4.90 Å². The predicted molar refractivity (Wildman–Crippen MR) is 114 cm³/mol. The number of benzene rings is 1. The van der Waals surface area contributed by atoms with Gasteiger partial charge >= 0.3 is 6.09 Å². The summed E-state index contributed by atoms with van der Waals surface area (Å²) < 4.78 is 22.3. The second-order valence-corrected chi connectivity index (χ2v) is 9.16. The van der Waals surface area contributed by atoms with E-state index in [2.05, 4.69) is 0 Å². The Balaban J connectivity index is 1.89. The van der Waals surface area contributed by atoms with Crippen molar-refractivity contribution < 1.29 is 23.7 Å². The third-order valence-corrected chi connectivity index (χ3v) is 5.92. The molecule has 1 aromatic heterocycles. The molecule has 1 aromatic carbocycles. The highest BCUT2D eigenvalue weighted by Crippen LogP contribution is 2.39. The van der Waals surface area contributed by atoms with Crippen LogP contribution in [0.4, 0.5) is 4.79 Å². The molecule has 1 atom stereocenters. The summed E-state index contributed by atoms with van der Waals surface area (Å²) in [5.41, 5.74) is 0.251. The first kappa shape index (κ1) is 21.6. The van der Waals surface area contributed by atoms with Crippen LogP contribution in [0.25, 0.3) is 0 Å². The Morgan fingerprint density at radius 1 is 1.31 bits per heavy atom. The van der Waals surface area contributed by atoms with E-state index >= 15 is 0 Å². The lowest BCUT2D eigenvalue weighted by molar-refractivity contribution is 0.00664. The highest BCUT2D eigenvalue weighted by molar-refractivity contribution is 7.11. The number of carbonyl (C=O) groups excluding carboxylic acids is 1. The van der Waals surface area contributed by atoms with E-state index in [1.165, 1.54) is 11.3 Å². The van der Waals surface area contributed by atoms with Gasteiger partial charge in [0.05, 0.1) is 36.7 Å². The van der Waals surface area contributed by atoms with Crippen LogP contribution in [0.1, 0.15) is 31.2 Å². The van der Waals surface area contributed by atoms with Crippen LogP contribution >= 0.6 is 22.9 Å². The van der Waals surface area contributed by atoms with Crippen molar-refractivity contribution in [1.82, 2.24) is 4.90 Å². The average Bonchev–Trinajstić information content (AvgIpc) is 3.04. The summed E-state index contributed by atoms with van der Waals surface area (Å²) in [5, 5.41) is 2.47. The van der Waals surface area contributed by atoms with Gasteiger partial charge in [-0.2, -0.15) is 0 Å². The topological polar surface area (TPSA) is 57.2 Å². The molecule has 3 rings (SSSR count). The average molecular weight is 440 g/mol. The summed E-state index contributed by atoms with van der Waals surface area (Å²) in [5.74, 6) is 2.06. The molecule has 0 saturated carbocycles. The van der Waals surface area contributed by atoms with Gasteiger partial charge in [0.2, 0.25) is 0 Å². The zero-order valence-corrected chi connectivity index (χ0v) is 18.9. The maximum atomic E-state index is 13.1. The Kier molecular flexibility index (Phi) is 6.49. The van der Waals surface area contributed by atoms with Crippen molar-refractivity contribution in [2.75, 3.05) is 20.8 Å². The zero-order chi connectivity index (χ0) is 21.2. The molecule has 0 aliphatic carbocycles. The molecule has 2 aromatic rings. The number of rotatable bonds is 5. The lowest BCUT2D eigenvalue weighted by Crippen LogP contribution is -2.47. The van der Waals surface area contributed by atoms with Crippen molar-refractivity contribution in [3.8, 4) is 17.2 Å². The predicted octanol–water partition coefficient (Wildman–Crippen LogP) is 5.16. The number of methoxy groups -OCH3 is 2. The number of carbonyl (C=O) groups is 1. The highest BCUT2D eigenvalue weighted by atomic mass is 35.5. The minimum Gasteiger partial charge on any atom is -0.497 e. The van der Waals surface area contributed by atoms with Crippen molar-refractivity contribution >= 4 is 29.0 Å². The first-order valence-electron chi connectivity index (χ1n) is 9.31. The Hall–Kier alpha value is -2.12. The Morgan fingerprint density at radius 2 is 2.07 bits per heavy atom. The number of thiophene rings is 1. The van der Waals surface area contributed by atoms with Crippen LogP contribution in [0.3, 0.4) is 0 Å². The summed E-state index contributed by atoms with van der Waals surface area (Å²) in [4.78, 5) is 15.8. The molecule has 0 saturated heterocycles. The Morgan fingerprint density at radius 3 is 2.72 bits per heavy atom. The number of amides is 1. The highest BCUT2D eigenvalue weighted by Gasteiger charge is 2.34. The fourth-order valence-electron chi connectivity index (χ4n) is 3.14. The van der Waals surface area contributed by atoms with Gasteiger partial charge in [0.25, 0.3) is 0 Å². The number of nitrogens with zero attached hydrogens (tertiary/aromatic N) is 1. The van der Waals surface area contributed by atoms with Crippen LogP contribution < -0.4 is 14.2 Å². The molecule has 0 spiro atoms. The van der Waals surface area contributed by atoms with Gasteiger partial charge in [-0.05, 0) is 32.9 Å². The van der Waals surface area contributed by atoms with Gasteiger partial charge in [0, 0.05) is 23.4 Å². The van der Waals surface area contributed by atoms with Crippen molar-refractivity contribution in [3.63, 3.8) is 0 Å². The molecule has 6 nitrogen and oxygen atoms in total. The standard InChI is InChI=1S/C21H26ClNO5S/c1-21(2,3)28-20(24)23(10-13-6-7-15(25-4)9-17(13)26-5)14-8-18-19(27-11-14)16(22)12-29-18/h6-7,9,12,14H,8,10-11H2,1-5H3. The number of halogens is 1. The lowest BCUT2D eigenvalue weighted by Gasteiger charge is -2.35. The summed E-state index contributed by atoms with van der Waals surface area (Å²) in [6.07, 6.45) is 0.264. The summed E-state index contributed by atoms with van der Waals surface area (Å²) in [6.45, 7) is 6.23. The molecule has 1 aliphatic heterocycles. The molecule has 1 unspecified atom stereocenters. The third kappa shape index (κ3) is 5.08. The molecule has 8 heteroatoms. The normalized spacial score (nSPS) is 15.9. The van der Waals surface area contributed by atoms with Gasteiger partial charge in [-0.25, -0.2) is 4.79 Å². The molecule has 2 heterocycles. The number of hydrogen-bond donors (Lipinski definition) is 0. The fourth-order valence-corrected chi connectivity index (χ4v) is 4.41. The first-order chi connectivity index (χ1) is 13.7. The largest absolute Gasteiger partial charge is 0.497 e. The van der Waals surface area contributed by atoms with Crippen LogP contribution in [-0.2, 0) is 17.7 Å². The second kappa shape index (κ2) is 8.71. The van der Waals surface area contributed by atoms with E-state index in [1.807, 2.05) is 38.3 Å². The molecule has 0 N–H and O–H groups in total. The summed E-state index contributed by atoms with van der Waals surface area (Å²) in [7, 11) is 3.20. The first-order valence-corrected chi connectivity index (χ1v) is 10.6. The van der Waals surface area contributed by atoms with E-state index < -0.39 is 11.7 Å². The molecule has 29 heavy (non-hydrogen) atoms. The van der Waals surface area contributed by atoms with Crippen molar-refractivity contribution in [1.29, 1.82) is 0 Å². The van der Waals surface area contributed by atoms with Crippen LogP contribution in [0.15, 0.2) is 23.6 Å². The van der Waals surface area contributed by atoms with Gasteiger partial charge in [0.15, 0.2) is 5.75 Å². The van der Waals surface area contributed by atoms with Crippen LogP contribution in [0.2, 0.25) is 5.02 Å². The van der Waals surface area contributed by atoms with Gasteiger partial charge in [-0.15, -0.1) is 11.3 Å². The molecule has 0 fully saturated rings. The van der Waals surface area contributed by atoms with Crippen molar-refractivity contribution in [2.24, 2.45) is 0 Å². The van der Waals surface area contributed by atoms with E-state index in [0.717, 1.165) is 16.2 Å². The van der Waals surface area contributed by atoms with E-state index in [0.29, 0.717) is 36.1 Å². The smallest absolute Gasteiger partial charge is 0.410 e. The minimum atomic E-state index is -0.605. The fraction of sp³-hybridized carbons (Fsp3) is 0.476. The molecule has 158 valence electrons. The number of fused-ring (bicyclic) bond motifs is 1. The minimum absolute atomic E-state index is 0.182. The Bertz CT molecular complexity index is 876. The number of ether oxygens (including phenoxy) is 4.